The Morgan fingerprint density at radius 3 is 3.00 bits per heavy atom. The molecule has 0 saturated carbocycles. The van der Waals surface area contributed by atoms with Crippen LogP contribution in [-0.4, -0.2) is 12.1 Å². The van der Waals surface area contributed by atoms with Gasteiger partial charge < -0.3 is 5.32 Å². The summed E-state index contributed by atoms with van der Waals surface area (Å²) in [6.07, 6.45) is 2.57. The number of nitrogens with one attached hydrogen (secondary N) is 1. The highest BCUT2D eigenvalue weighted by molar-refractivity contribution is 7.09. The van der Waals surface area contributed by atoms with Gasteiger partial charge in [0, 0.05) is 10.4 Å². The molecule has 2 rings (SSSR count). The first-order chi connectivity index (χ1) is 6.18. The second-order valence-corrected chi connectivity index (χ2v) is 5.45. The van der Waals surface area contributed by atoms with E-state index in [2.05, 4.69) is 36.7 Å². The molecule has 1 nitrogen and oxygen atoms in total. The minimum absolute atomic E-state index is 0.337. The Bertz CT molecular complexity index is 264. The monoisotopic (exact) mass is 195 g/mol. The van der Waals surface area contributed by atoms with Crippen LogP contribution >= 0.6 is 11.3 Å². The molecule has 1 N–H and O–H groups in total. The summed E-state index contributed by atoms with van der Waals surface area (Å²) in [6.45, 7) is 5.82. The molecule has 0 aliphatic carbocycles. The zero-order chi connectivity index (χ0) is 9.31. The van der Waals surface area contributed by atoms with Crippen molar-refractivity contribution in [1.82, 2.24) is 5.32 Å². The Kier molecular flexibility index (Phi) is 2.43. The molecule has 1 atom stereocenters. The van der Waals surface area contributed by atoms with E-state index in [4.69, 9.17) is 0 Å². The maximum Gasteiger partial charge on any atom is 0.0157 e. The third-order valence-electron chi connectivity index (χ3n) is 3.12. The molecule has 1 aromatic heterocycles. The largest absolute Gasteiger partial charge is 0.311 e. The first-order valence-electron chi connectivity index (χ1n) is 4.96. The van der Waals surface area contributed by atoms with Crippen LogP contribution in [0.5, 0.6) is 0 Å². The molecule has 1 aliphatic heterocycles. The van der Waals surface area contributed by atoms with Crippen molar-refractivity contribution in [1.29, 1.82) is 0 Å². The average molecular weight is 195 g/mol. The van der Waals surface area contributed by atoms with Crippen molar-refractivity contribution in [3.8, 4) is 0 Å². The summed E-state index contributed by atoms with van der Waals surface area (Å²) in [7, 11) is 0. The lowest BCUT2D eigenvalue weighted by atomic mass is 9.86. The first kappa shape index (κ1) is 9.22. The van der Waals surface area contributed by atoms with Gasteiger partial charge in [-0.3, -0.25) is 0 Å². The van der Waals surface area contributed by atoms with Crippen molar-refractivity contribution in [2.75, 3.05) is 6.54 Å². The highest BCUT2D eigenvalue weighted by atomic mass is 32.1. The van der Waals surface area contributed by atoms with E-state index >= 15 is 0 Å². The van der Waals surface area contributed by atoms with Gasteiger partial charge in [-0.1, -0.05) is 6.07 Å². The highest BCUT2D eigenvalue weighted by Gasteiger charge is 2.33. The van der Waals surface area contributed by atoms with Gasteiger partial charge in [0.05, 0.1) is 0 Å². The highest BCUT2D eigenvalue weighted by Crippen LogP contribution is 2.30. The molecule has 0 aromatic carbocycles. The van der Waals surface area contributed by atoms with Crippen LogP contribution in [0.3, 0.4) is 0 Å². The smallest absolute Gasteiger partial charge is 0.0157 e. The van der Waals surface area contributed by atoms with Gasteiger partial charge in [0.15, 0.2) is 0 Å². The molecule has 2 heterocycles. The number of hydrogen-bond acceptors (Lipinski definition) is 2. The van der Waals surface area contributed by atoms with Gasteiger partial charge in [-0.05, 0) is 50.6 Å². The van der Waals surface area contributed by atoms with Crippen LogP contribution < -0.4 is 5.32 Å². The van der Waals surface area contributed by atoms with Gasteiger partial charge in [0.25, 0.3) is 0 Å². The summed E-state index contributed by atoms with van der Waals surface area (Å²) in [6, 6.07) is 4.40. The summed E-state index contributed by atoms with van der Waals surface area (Å²) in [4.78, 5) is 1.53. The van der Waals surface area contributed by atoms with E-state index in [1.165, 1.54) is 24.3 Å². The maximum absolute atomic E-state index is 3.56. The predicted octanol–water partition coefficient (Wildman–Crippen LogP) is 2.68. The van der Waals surface area contributed by atoms with Crippen molar-refractivity contribution in [3.05, 3.63) is 22.4 Å². The molecule has 0 bridgehead atoms. The van der Waals surface area contributed by atoms with Gasteiger partial charge in [-0.25, -0.2) is 0 Å². The number of rotatable bonds is 2. The van der Waals surface area contributed by atoms with Crippen molar-refractivity contribution < 1.29 is 0 Å². The van der Waals surface area contributed by atoms with E-state index in [1.807, 2.05) is 11.3 Å². The molecule has 13 heavy (non-hydrogen) atoms. The van der Waals surface area contributed by atoms with Crippen LogP contribution in [0.4, 0.5) is 0 Å². The third kappa shape index (κ3) is 1.94. The van der Waals surface area contributed by atoms with Gasteiger partial charge in [-0.15, -0.1) is 11.3 Å². The van der Waals surface area contributed by atoms with E-state index in [-0.39, 0.29) is 0 Å². The third-order valence-corrected chi connectivity index (χ3v) is 4.02. The molecule has 1 aliphatic rings. The lowest BCUT2D eigenvalue weighted by Crippen LogP contribution is -2.38. The molecule has 0 spiro atoms. The predicted molar refractivity (Wildman–Crippen MR) is 58.2 cm³/mol. The molecule has 0 radical (unpaired) electrons. The van der Waals surface area contributed by atoms with Crippen LogP contribution in [0.15, 0.2) is 17.5 Å². The number of thiophene rings is 1. The fourth-order valence-corrected chi connectivity index (χ4v) is 2.89. The van der Waals surface area contributed by atoms with E-state index in [0.29, 0.717) is 5.54 Å². The Labute approximate surface area is 84.2 Å². The maximum atomic E-state index is 3.56. The van der Waals surface area contributed by atoms with Gasteiger partial charge >= 0.3 is 0 Å². The molecule has 1 unspecified atom stereocenters. The molecule has 2 heteroatoms. The fraction of sp³-hybridized carbons (Fsp3) is 0.636. The SMILES string of the molecule is CC1(C)NCCC1Cc1cccs1. The average Bonchev–Trinajstić information content (AvgIpc) is 2.63. The lowest BCUT2D eigenvalue weighted by molar-refractivity contribution is 0.334. The second kappa shape index (κ2) is 3.43. The van der Waals surface area contributed by atoms with Crippen molar-refractivity contribution in [2.45, 2.75) is 32.2 Å². The summed E-state index contributed by atoms with van der Waals surface area (Å²) in [5, 5.41) is 5.73. The second-order valence-electron chi connectivity index (χ2n) is 4.42. The van der Waals surface area contributed by atoms with Crippen molar-refractivity contribution in [3.63, 3.8) is 0 Å². The Hall–Kier alpha value is -0.340. The van der Waals surface area contributed by atoms with Crippen LogP contribution in [-0.2, 0) is 6.42 Å². The van der Waals surface area contributed by atoms with Gasteiger partial charge in [0.1, 0.15) is 0 Å². The molecule has 1 saturated heterocycles. The van der Waals surface area contributed by atoms with E-state index < -0.39 is 0 Å². The fourth-order valence-electron chi connectivity index (χ4n) is 2.10. The Morgan fingerprint density at radius 1 is 1.62 bits per heavy atom. The zero-order valence-electron chi connectivity index (χ0n) is 8.34. The minimum atomic E-state index is 0.337. The molecule has 72 valence electrons. The van der Waals surface area contributed by atoms with E-state index in [9.17, 15) is 0 Å². The Balaban J connectivity index is 2.02. The standard InChI is InChI=1S/C11H17NS/c1-11(2)9(5-6-12-11)8-10-4-3-7-13-10/h3-4,7,9,12H,5-6,8H2,1-2H3. The van der Waals surface area contributed by atoms with Crippen LogP contribution in [0.1, 0.15) is 25.1 Å². The van der Waals surface area contributed by atoms with Crippen LogP contribution in [0.25, 0.3) is 0 Å². The lowest BCUT2D eigenvalue weighted by Gasteiger charge is -2.26. The Morgan fingerprint density at radius 2 is 2.46 bits per heavy atom. The van der Waals surface area contributed by atoms with E-state index in [0.717, 1.165) is 5.92 Å². The minimum Gasteiger partial charge on any atom is -0.311 e. The van der Waals surface area contributed by atoms with E-state index in [1.54, 1.807) is 0 Å². The molecular weight excluding hydrogens is 178 g/mol. The van der Waals surface area contributed by atoms with Crippen LogP contribution in [0, 0.1) is 5.92 Å². The summed E-state index contributed by atoms with van der Waals surface area (Å²) < 4.78 is 0. The molecule has 1 aromatic rings. The quantitative estimate of drug-likeness (QED) is 0.765. The molecular formula is C11H17NS. The van der Waals surface area contributed by atoms with Gasteiger partial charge in [-0.2, -0.15) is 0 Å². The number of hydrogen-bond donors (Lipinski definition) is 1. The normalized spacial score (nSPS) is 26.5. The van der Waals surface area contributed by atoms with Gasteiger partial charge in [0.2, 0.25) is 0 Å². The van der Waals surface area contributed by atoms with Crippen molar-refractivity contribution >= 4 is 11.3 Å². The summed E-state index contributed by atoms with van der Waals surface area (Å²) >= 11 is 1.88. The van der Waals surface area contributed by atoms with Crippen molar-refractivity contribution in [2.24, 2.45) is 5.92 Å². The molecule has 0 amide bonds. The molecule has 1 fully saturated rings. The van der Waals surface area contributed by atoms with Crippen LogP contribution in [0.2, 0.25) is 0 Å². The first-order valence-corrected chi connectivity index (χ1v) is 5.84. The zero-order valence-corrected chi connectivity index (χ0v) is 9.16. The summed E-state index contributed by atoms with van der Waals surface area (Å²) in [5.41, 5.74) is 0.337. The summed E-state index contributed by atoms with van der Waals surface area (Å²) in [5.74, 6) is 0.811. The topological polar surface area (TPSA) is 12.0 Å².